The van der Waals surface area contributed by atoms with Gasteiger partial charge in [-0.1, -0.05) is 17.7 Å². The number of benzene rings is 1. The minimum absolute atomic E-state index is 0.146. The van der Waals surface area contributed by atoms with Crippen molar-refractivity contribution in [2.75, 3.05) is 5.32 Å². The molecule has 3 rings (SSSR count). The second kappa shape index (κ2) is 5.88. The van der Waals surface area contributed by atoms with Crippen molar-refractivity contribution in [1.82, 2.24) is 19.5 Å². The van der Waals surface area contributed by atoms with Gasteiger partial charge in [-0.2, -0.15) is 9.37 Å². The van der Waals surface area contributed by atoms with E-state index in [1.165, 1.54) is 0 Å². The topological polar surface area (TPSA) is 55.6 Å². The largest absolute Gasteiger partial charge is 0.379 e. The lowest BCUT2D eigenvalue weighted by Gasteiger charge is -2.09. The van der Waals surface area contributed by atoms with Crippen LogP contribution >= 0.6 is 11.6 Å². The van der Waals surface area contributed by atoms with Gasteiger partial charge in [0.1, 0.15) is 5.52 Å². The van der Waals surface area contributed by atoms with Gasteiger partial charge < -0.3 is 9.88 Å². The molecule has 0 aliphatic heterocycles. The molecule has 22 heavy (non-hydrogen) atoms. The Morgan fingerprint density at radius 1 is 1.32 bits per heavy atom. The number of rotatable bonds is 4. The zero-order valence-electron chi connectivity index (χ0n) is 12.2. The van der Waals surface area contributed by atoms with E-state index in [1.54, 1.807) is 18.5 Å². The number of nitrogens with zero attached hydrogens (tertiary/aromatic N) is 4. The summed E-state index contributed by atoms with van der Waals surface area (Å²) in [5, 5.41) is 3.80. The highest BCUT2D eigenvalue weighted by molar-refractivity contribution is 6.30. The third-order valence-electron chi connectivity index (χ3n) is 3.31. The van der Waals surface area contributed by atoms with Crippen LogP contribution in [0.4, 0.5) is 10.1 Å². The number of hydrogen-bond acceptors (Lipinski definition) is 4. The predicted octanol–water partition coefficient (Wildman–Crippen LogP) is 3.81. The fraction of sp³-hybridized carbons (Fsp3) is 0.267. The Labute approximate surface area is 132 Å². The SMILES string of the molecule is CC(C)n1cnc2c(CNc3cccc(Cl)c3)nc(F)nc21. The van der Waals surface area contributed by atoms with E-state index in [-0.39, 0.29) is 6.04 Å². The van der Waals surface area contributed by atoms with Gasteiger partial charge in [0, 0.05) is 16.8 Å². The van der Waals surface area contributed by atoms with Crippen molar-refractivity contribution in [1.29, 1.82) is 0 Å². The average molecular weight is 320 g/mol. The molecule has 2 aromatic heterocycles. The molecule has 0 spiro atoms. The van der Waals surface area contributed by atoms with Gasteiger partial charge >= 0.3 is 6.08 Å². The first kappa shape index (κ1) is 14.7. The van der Waals surface area contributed by atoms with Gasteiger partial charge in [-0.05, 0) is 32.0 Å². The first-order chi connectivity index (χ1) is 10.5. The Hall–Kier alpha value is -2.21. The van der Waals surface area contributed by atoms with Gasteiger partial charge in [0.2, 0.25) is 0 Å². The maximum Gasteiger partial charge on any atom is 0.311 e. The smallest absolute Gasteiger partial charge is 0.311 e. The maximum absolute atomic E-state index is 13.7. The Morgan fingerprint density at radius 2 is 2.14 bits per heavy atom. The molecule has 2 heterocycles. The van der Waals surface area contributed by atoms with Gasteiger partial charge in [-0.3, -0.25) is 0 Å². The Kier molecular flexibility index (Phi) is 3.94. The third kappa shape index (κ3) is 2.87. The van der Waals surface area contributed by atoms with Crippen LogP contribution in [0, 0.1) is 6.08 Å². The zero-order valence-corrected chi connectivity index (χ0v) is 13.0. The predicted molar refractivity (Wildman–Crippen MR) is 84.4 cm³/mol. The first-order valence-corrected chi connectivity index (χ1v) is 7.31. The van der Waals surface area contributed by atoms with Crippen molar-refractivity contribution in [3.05, 3.63) is 47.4 Å². The van der Waals surface area contributed by atoms with Crippen LogP contribution < -0.4 is 5.32 Å². The van der Waals surface area contributed by atoms with E-state index >= 15 is 0 Å². The number of imidazole rings is 1. The van der Waals surface area contributed by atoms with E-state index in [0.29, 0.717) is 28.4 Å². The van der Waals surface area contributed by atoms with Gasteiger partial charge in [-0.15, -0.1) is 0 Å². The number of aromatic nitrogens is 4. The van der Waals surface area contributed by atoms with Crippen LogP contribution in [0.5, 0.6) is 0 Å². The number of nitrogens with one attached hydrogen (secondary N) is 1. The molecule has 1 N–H and O–H groups in total. The van der Waals surface area contributed by atoms with Gasteiger partial charge in [0.05, 0.1) is 18.6 Å². The Bertz CT molecular complexity index is 815. The summed E-state index contributed by atoms with van der Waals surface area (Å²) >= 11 is 5.94. The third-order valence-corrected chi connectivity index (χ3v) is 3.54. The van der Waals surface area contributed by atoms with Crippen molar-refractivity contribution < 1.29 is 4.39 Å². The number of hydrogen-bond donors (Lipinski definition) is 1. The van der Waals surface area contributed by atoms with Crippen LogP contribution in [-0.2, 0) is 6.54 Å². The van der Waals surface area contributed by atoms with E-state index in [2.05, 4.69) is 20.3 Å². The molecule has 3 aromatic rings. The fourth-order valence-electron chi connectivity index (χ4n) is 2.23. The minimum atomic E-state index is -0.752. The molecule has 0 atom stereocenters. The number of halogens is 2. The van der Waals surface area contributed by atoms with Crippen molar-refractivity contribution in [2.45, 2.75) is 26.4 Å². The monoisotopic (exact) mass is 319 g/mol. The second-order valence-corrected chi connectivity index (χ2v) is 5.66. The van der Waals surface area contributed by atoms with E-state index < -0.39 is 6.08 Å². The molecular formula is C15H15ClFN5. The van der Waals surface area contributed by atoms with Crippen LogP contribution in [0.2, 0.25) is 5.02 Å². The minimum Gasteiger partial charge on any atom is -0.379 e. The van der Waals surface area contributed by atoms with E-state index in [0.717, 1.165) is 5.69 Å². The van der Waals surface area contributed by atoms with Crippen molar-refractivity contribution >= 4 is 28.5 Å². The first-order valence-electron chi connectivity index (χ1n) is 6.93. The lowest BCUT2D eigenvalue weighted by Crippen LogP contribution is -2.07. The molecule has 0 radical (unpaired) electrons. The molecule has 0 bridgehead atoms. The highest BCUT2D eigenvalue weighted by atomic mass is 35.5. The van der Waals surface area contributed by atoms with Gasteiger partial charge in [0.25, 0.3) is 0 Å². The summed E-state index contributed by atoms with van der Waals surface area (Å²) in [6, 6.07) is 7.46. The van der Waals surface area contributed by atoms with E-state index in [1.807, 2.05) is 30.5 Å². The average Bonchev–Trinajstić information content (AvgIpc) is 2.88. The van der Waals surface area contributed by atoms with Crippen LogP contribution in [0.1, 0.15) is 25.6 Å². The van der Waals surface area contributed by atoms with Crippen molar-refractivity contribution in [2.24, 2.45) is 0 Å². The van der Waals surface area contributed by atoms with Crippen LogP contribution in [0.25, 0.3) is 11.2 Å². The van der Waals surface area contributed by atoms with Gasteiger partial charge in [-0.25, -0.2) is 9.97 Å². The number of anilines is 1. The summed E-state index contributed by atoms with van der Waals surface area (Å²) in [7, 11) is 0. The molecule has 114 valence electrons. The summed E-state index contributed by atoms with van der Waals surface area (Å²) in [4.78, 5) is 12.0. The van der Waals surface area contributed by atoms with Gasteiger partial charge in [0.15, 0.2) is 5.65 Å². The number of fused-ring (bicyclic) bond motifs is 1. The zero-order chi connectivity index (χ0) is 15.7. The molecule has 0 unspecified atom stereocenters. The molecule has 1 aromatic carbocycles. The summed E-state index contributed by atoms with van der Waals surface area (Å²) in [5.74, 6) is 0. The van der Waals surface area contributed by atoms with Crippen LogP contribution in [0.15, 0.2) is 30.6 Å². The Balaban J connectivity index is 1.93. The summed E-state index contributed by atoms with van der Waals surface area (Å²) in [6.45, 7) is 4.32. The Morgan fingerprint density at radius 3 is 2.86 bits per heavy atom. The van der Waals surface area contributed by atoms with E-state index in [4.69, 9.17) is 11.6 Å². The highest BCUT2D eigenvalue weighted by Gasteiger charge is 2.14. The quantitative estimate of drug-likeness (QED) is 0.743. The molecule has 0 fully saturated rings. The normalized spacial score (nSPS) is 11.3. The van der Waals surface area contributed by atoms with Crippen molar-refractivity contribution in [3.63, 3.8) is 0 Å². The second-order valence-electron chi connectivity index (χ2n) is 5.22. The van der Waals surface area contributed by atoms with Crippen LogP contribution in [-0.4, -0.2) is 19.5 Å². The molecule has 0 amide bonds. The van der Waals surface area contributed by atoms with Crippen molar-refractivity contribution in [3.8, 4) is 0 Å². The lowest BCUT2D eigenvalue weighted by atomic mass is 10.3. The highest BCUT2D eigenvalue weighted by Crippen LogP contribution is 2.20. The molecule has 0 aliphatic carbocycles. The maximum atomic E-state index is 13.7. The molecule has 7 heteroatoms. The molecule has 5 nitrogen and oxygen atoms in total. The standard InChI is InChI=1S/C15H15ClFN5/c1-9(2)22-8-19-13-12(20-15(17)21-14(13)22)7-18-11-5-3-4-10(16)6-11/h3-6,8-9,18H,7H2,1-2H3. The van der Waals surface area contributed by atoms with Crippen LogP contribution in [0.3, 0.4) is 0 Å². The summed E-state index contributed by atoms with van der Waals surface area (Å²) < 4.78 is 15.5. The summed E-state index contributed by atoms with van der Waals surface area (Å²) in [5.41, 5.74) is 2.46. The molecule has 0 saturated heterocycles. The molecule has 0 aliphatic rings. The fourth-order valence-corrected chi connectivity index (χ4v) is 2.42. The summed E-state index contributed by atoms with van der Waals surface area (Å²) in [6.07, 6.45) is 0.907. The molecular weight excluding hydrogens is 305 g/mol. The lowest BCUT2D eigenvalue weighted by molar-refractivity contribution is 0.531. The van der Waals surface area contributed by atoms with E-state index in [9.17, 15) is 4.39 Å². The molecule has 0 saturated carbocycles.